The quantitative estimate of drug-likeness (QED) is 0.0709. The van der Waals surface area contributed by atoms with Crippen molar-refractivity contribution in [3.05, 3.63) is 49.7 Å². The predicted molar refractivity (Wildman–Crippen MR) is 244 cm³/mol. The van der Waals surface area contributed by atoms with Crippen molar-refractivity contribution in [2.24, 2.45) is 5.92 Å². The summed E-state index contributed by atoms with van der Waals surface area (Å²) in [6.07, 6.45) is 8.56. The molecular formula is C41H71I2NO6Si2. The van der Waals surface area contributed by atoms with Crippen LogP contribution in [-0.4, -0.2) is 62.2 Å². The lowest BCUT2D eigenvalue weighted by Crippen LogP contribution is -2.53. The SMILES string of the molecule is COc1cc(CC/C=C(\C)[C@H](O[Si](C)(C)C(C)(C)C)[C@H](C)[C@H](C/C=C/I)O[Si](C(C)C)(C(C)C)C(C)C)c(OC)c(NC(=O)C[C@H](/C=C/I)OC)c1. The lowest BCUT2D eigenvalue weighted by atomic mass is 9.90. The fraction of sp³-hybridized carbons (Fsp3) is 0.683. The van der Waals surface area contributed by atoms with Gasteiger partial charge in [0.2, 0.25) is 14.2 Å². The topological polar surface area (TPSA) is 75.3 Å². The Kier molecular flexibility index (Phi) is 21.6. The molecule has 0 aliphatic rings. The van der Waals surface area contributed by atoms with Gasteiger partial charge in [-0.25, -0.2) is 0 Å². The first kappa shape index (κ1) is 49.3. The molecule has 1 N–H and O–H groups in total. The number of hydrogen-bond acceptors (Lipinski definition) is 6. The van der Waals surface area contributed by atoms with Crippen LogP contribution in [0.15, 0.2) is 44.1 Å². The summed E-state index contributed by atoms with van der Waals surface area (Å²) in [6.45, 7) is 30.3. The van der Waals surface area contributed by atoms with E-state index in [2.05, 4.69) is 156 Å². The first-order valence-electron chi connectivity index (χ1n) is 18.8. The number of benzene rings is 1. The summed E-state index contributed by atoms with van der Waals surface area (Å²) in [4.78, 5) is 13.0. The Morgan fingerprint density at radius 2 is 1.50 bits per heavy atom. The molecule has 298 valence electrons. The van der Waals surface area contributed by atoms with E-state index in [0.717, 1.165) is 18.4 Å². The minimum absolute atomic E-state index is 0.0257. The number of amides is 1. The minimum Gasteiger partial charge on any atom is -0.497 e. The summed E-state index contributed by atoms with van der Waals surface area (Å²) in [6, 6.07) is 3.80. The summed E-state index contributed by atoms with van der Waals surface area (Å²) in [7, 11) is 0.549. The minimum atomic E-state index is -2.17. The van der Waals surface area contributed by atoms with Crippen LogP contribution in [-0.2, 0) is 24.8 Å². The molecule has 1 aromatic rings. The van der Waals surface area contributed by atoms with E-state index < -0.39 is 16.6 Å². The van der Waals surface area contributed by atoms with Gasteiger partial charge in [-0.05, 0) is 86.8 Å². The molecule has 1 amide bonds. The molecule has 11 heteroatoms. The van der Waals surface area contributed by atoms with Crippen molar-refractivity contribution in [3.8, 4) is 11.5 Å². The Balaban J connectivity index is 3.64. The van der Waals surface area contributed by atoms with E-state index in [9.17, 15) is 4.79 Å². The highest BCUT2D eigenvalue weighted by Crippen LogP contribution is 2.46. The van der Waals surface area contributed by atoms with Crippen LogP contribution >= 0.6 is 45.2 Å². The number of carbonyl (C=O) groups excluding carboxylic acids is 1. The van der Waals surface area contributed by atoms with Crippen LogP contribution in [0.25, 0.3) is 0 Å². The maximum atomic E-state index is 13.0. The Labute approximate surface area is 347 Å². The molecule has 1 aromatic carbocycles. The van der Waals surface area contributed by atoms with E-state index in [-0.39, 0.29) is 41.6 Å². The monoisotopic (exact) mass is 983 g/mol. The van der Waals surface area contributed by atoms with Crippen molar-refractivity contribution in [2.45, 2.75) is 155 Å². The zero-order valence-corrected chi connectivity index (χ0v) is 41.4. The van der Waals surface area contributed by atoms with Gasteiger partial charge in [0.05, 0.1) is 44.6 Å². The molecule has 0 aliphatic heterocycles. The van der Waals surface area contributed by atoms with E-state index in [1.165, 1.54) is 5.57 Å². The highest BCUT2D eigenvalue weighted by Gasteiger charge is 2.48. The Morgan fingerprint density at radius 3 is 1.96 bits per heavy atom. The van der Waals surface area contributed by atoms with Gasteiger partial charge >= 0.3 is 0 Å². The van der Waals surface area contributed by atoms with Gasteiger partial charge in [0, 0.05) is 24.7 Å². The number of carbonyl (C=O) groups is 1. The fourth-order valence-corrected chi connectivity index (χ4v) is 14.9. The van der Waals surface area contributed by atoms with Gasteiger partial charge in [-0.1, -0.05) is 127 Å². The van der Waals surface area contributed by atoms with Crippen molar-refractivity contribution in [2.75, 3.05) is 26.6 Å². The smallest absolute Gasteiger partial charge is 0.227 e. The van der Waals surface area contributed by atoms with Crippen LogP contribution in [0.3, 0.4) is 0 Å². The Hall–Kier alpha value is -0.716. The van der Waals surface area contributed by atoms with Crippen molar-refractivity contribution < 1.29 is 27.9 Å². The molecule has 0 spiro atoms. The number of ether oxygens (including phenoxy) is 3. The molecule has 0 aliphatic carbocycles. The molecule has 0 saturated heterocycles. The normalized spacial score (nSPS) is 15.9. The predicted octanol–water partition coefficient (Wildman–Crippen LogP) is 12.8. The lowest BCUT2D eigenvalue weighted by molar-refractivity contribution is -0.117. The number of methoxy groups -OCH3 is 3. The second-order valence-electron chi connectivity index (χ2n) is 16.4. The van der Waals surface area contributed by atoms with Crippen molar-refractivity contribution in [3.63, 3.8) is 0 Å². The zero-order valence-electron chi connectivity index (χ0n) is 35.1. The van der Waals surface area contributed by atoms with Crippen LogP contribution in [0, 0.1) is 5.92 Å². The highest BCUT2D eigenvalue weighted by atomic mass is 127. The zero-order chi connectivity index (χ0) is 40.0. The standard InChI is InChI=1S/C41H71I2NO6Si2/c1-28(2)52(29(3)4,30(5)6)49-37(21-18-23-42)32(8)39(50-51(15,16)41(9,10)11)31(7)19-17-20-33-25-35(47-13)26-36(40(33)48-14)44-38(45)27-34(46-12)22-24-43/h18-19,22-26,28-30,32,34,37,39H,17,20-21,27H2,1-16H3,(H,44,45)/b23-18+,24-22+,31-19+/t32-,34+,37+,39+/m1/s1. The van der Waals surface area contributed by atoms with Crippen molar-refractivity contribution in [1.82, 2.24) is 0 Å². The summed E-state index contributed by atoms with van der Waals surface area (Å²) in [5.74, 6) is 1.26. The second kappa shape index (κ2) is 22.7. The third kappa shape index (κ3) is 13.8. The number of hydrogen-bond donors (Lipinski definition) is 1. The molecule has 52 heavy (non-hydrogen) atoms. The fourth-order valence-electron chi connectivity index (χ4n) is 7.09. The van der Waals surface area contributed by atoms with Crippen LogP contribution in [0.5, 0.6) is 11.5 Å². The Bertz CT molecular complexity index is 1320. The summed E-state index contributed by atoms with van der Waals surface area (Å²) in [5, 5.41) is 3.09. The maximum absolute atomic E-state index is 13.0. The number of allylic oxidation sites excluding steroid dienone is 1. The van der Waals surface area contributed by atoms with Gasteiger partial charge in [-0.3, -0.25) is 4.79 Å². The van der Waals surface area contributed by atoms with E-state index in [4.69, 9.17) is 23.1 Å². The third-order valence-corrected chi connectivity index (χ3v) is 22.5. The largest absolute Gasteiger partial charge is 0.497 e. The number of anilines is 1. The van der Waals surface area contributed by atoms with Crippen LogP contribution in [0.1, 0.15) is 101 Å². The summed E-state index contributed by atoms with van der Waals surface area (Å²) < 4.78 is 35.9. The highest BCUT2D eigenvalue weighted by molar-refractivity contribution is 14.1. The van der Waals surface area contributed by atoms with Crippen LogP contribution in [0.4, 0.5) is 5.69 Å². The van der Waals surface area contributed by atoms with Gasteiger partial charge in [0.15, 0.2) is 8.32 Å². The van der Waals surface area contributed by atoms with Gasteiger partial charge in [0.1, 0.15) is 11.5 Å². The average molecular weight is 984 g/mol. The van der Waals surface area contributed by atoms with Gasteiger partial charge in [-0.15, -0.1) is 0 Å². The van der Waals surface area contributed by atoms with E-state index in [1.807, 2.05) is 16.2 Å². The number of rotatable bonds is 22. The molecule has 0 saturated carbocycles. The molecule has 0 fully saturated rings. The average Bonchev–Trinajstić information content (AvgIpc) is 3.05. The van der Waals surface area contributed by atoms with Gasteiger partial charge in [-0.2, -0.15) is 0 Å². The maximum Gasteiger partial charge on any atom is 0.227 e. The Morgan fingerprint density at radius 1 is 0.904 bits per heavy atom. The molecule has 1 rings (SSSR count). The summed E-state index contributed by atoms with van der Waals surface area (Å²) in [5.41, 5.74) is 4.23. The first-order chi connectivity index (χ1) is 24.2. The van der Waals surface area contributed by atoms with Crippen LogP contribution < -0.4 is 14.8 Å². The van der Waals surface area contributed by atoms with Gasteiger partial charge in [0.25, 0.3) is 0 Å². The molecule has 0 aromatic heterocycles. The van der Waals surface area contributed by atoms with E-state index >= 15 is 0 Å². The number of nitrogens with one attached hydrogen (secondary N) is 1. The molecular weight excluding hydrogens is 912 g/mol. The van der Waals surface area contributed by atoms with Crippen molar-refractivity contribution >= 4 is 73.4 Å². The van der Waals surface area contributed by atoms with E-state index in [1.54, 1.807) is 27.4 Å². The molecule has 0 unspecified atom stereocenters. The number of aryl methyl sites for hydroxylation is 1. The van der Waals surface area contributed by atoms with Crippen molar-refractivity contribution in [1.29, 1.82) is 0 Å². The molecule has 0 bridgehead atoms. The summed E-state index contributed by atoms with van der Waals surface area (Å²) >= 11 is 4.45. The lowest BCUT2D eigenvalue weighted by Gasteiger charge is -2.48. The molecule has 0 radical (unpaired) electrons. The van der Waals surface area contributed by atoms with E-state index in [0.29, 0.717) is 40.2 Å². The first-order valence-corrected chi connectivity index (χ1v) is 26.3. The van der Waals surface area contributed by atoms with Crippen LogP contribution in [0.2, 0.25) is 34.8 Å². The van der Waals surface area contributed by atoms with Gasteiger partial charge < -0.3 is 28.4 Å². The number of halogens is 2. The third-order valence-electron chi connectivity index (χ3n) is 11.0. The molecule has 0 heterocycles. The molecule has 7 nitrogen and oxygen atoms in total. The molecule has 4 atom stereocenters. The second-order valence-corrected chi connectivity index (χ2v) is 28.0.